The van der Waals surface area contributed by atoms with Gasteiger partial charge in [-0.05, 0) is 0 Å². The molecule has 0 fully saturated rings. The third kappa shape index (κ3) is 50.9. The summed E-state index contributed by atoms with van der Waals surface area (Å²) in [5.41, 5.74) is 0. The molecule has 0 aromatic heterocycles. The molecular formula is C49H102BrP. The van der Waals surface area contributed by atoms with Gasteiger partial charge in [0.15, 0.2) is 0 Å². The average Bonchev–Trinajstić information content (AvgIpc) is 3.09. The molecule has 0 amide bonds. The molecule has 0 aliphatic rings. The van der Waals surface area contributed by atoms with Crippen LogP contribution in [0.15, 0.2) is 0 Å². The Morgan fingerprint density at radius 2 is 0.333 bits per heavy atom. The van der Waals surface area contributed by atoms with Crippen molar-refractivity contribution in [3.05, 3.63) is 0 Å². The molecule has 0 spiro atoms. The van der Waals surface area contributed by atoms with Crippen LogP contribution in [0.3, 0.4) is 0 Å². The van der Waals surface area contributed by atoms with Crippen LogP contribution in [-0.2, 0) is 0 Å². The van der Waals surface area contributed by atoms with E-state index in [2.05, 4.69) is 42.4 Å². The van der Waals surface area contributed by atoms with Crippen LogP contribution in [0.25, 0.3) is 0 Å². The van der Waals surface area contributed by atoms with Crippen LogP contribution in [0.5, 0.6) is 0 Å². The third-order valence-electron chi connectivity index (χ3n) is 11.8. The summed E-state index contributed by atoms with van der Waals surface area (Å²) in [6, 6.07) is 0. The van der Waals surface area contributed by atoms with Crippen molar-refractivity contribution in [1.82, 2.24) is 0 Å². The van der Waals surface area contributed by atoms with Crippen molar-refractivity contribution in [2.45, 2.75) is 289 Å². The van der Waals surface area contributed by atoms with Crippen LogP contribution in [0.2, 0.25) is 0 Å². The van der Waals surface area contributed by atoms with Crippen molar-refractivity contribution in [3.8, 4) is 0 Å². The van der Waals surface area contributed by atoms with E-state index < -0.39 is 5.31 Å². The summed E-state index contributed by atoms with van der Waals surface area (Å²) in [7, 11) is 0. The van der Waals surface area contributed by atoms with Gasteiger partial charge in [0.2, 0.25) is 0 Å². The number of halogens is 1. The Kier molecular flexibility index (Phi) is 41.3. The van der Waals surface area contributed by atoms with Crippen molar-refractivity contribution in [2.24, 2.45) is 0 Å². The van der Waals surface area contributed by atoms with Gasteiger partial charge >= 0.3 is 118 Å². The zero-order chi connectivity index (χ0) is 37.3. The molecule has 310 valence electrons. The number of hydrogen-bond acceptors (Lipinski definition) is 0. The number of rotatable bonds is 45. The summed E-state index contributed by atoms with van der Waals surface area (Å²) in [5, 5.41) is -1.43. The Morgan fingerprint density at radius 3 is 0.451 bits per heavy atom. The first-order valence-electron chi connectivity index (χ1n) is 24.5. The van der Waals surface area contributed by atoms with Gasteiger partial charge in [0.25, 0.3) is 0 Å². The average molecular weight is 802 g/mol. The Bertz CT molecular complexity index is 627. The summed E-state index contributed by atoms with van der Waals surface area (Å²) in [5.74, 6) is 0. The van der Waals surface area contributed by atoms with E-state index >= 15 is 0 Å². The Labute approximate surface area is 334 Å². The van der Waals surface area contributed by atoms with Crippen molar-refractivity contribution in [2.75, 3.05) is 26.2 Å². The molecule has 0 heterocycles. The monoisotopic (exact) mass is 801 g/mol. The van der Waals surface area contributed by atoms with Gasteiger partial charge in [0.05, 0.1) is 0 Å². The summed E-state index contributed by atoms with van der Waals surface area (Å²) >= 11 is 3.99. The molecular weight excluding hydrogens is 699 g/mol. The first-order chi connectivity index (χ1) is 24.8. The van der Waals surface area contributed by atoms with Crippen LogP contribution in [0.1, 0.15) is 289 Å². The van der Waals surface area contributed by atoms with Crippen molar-refractivity contribution in [3.63, 3.8) is 0 Å². The van der Waals surface area contributed by atoms with Crippen molar-refractivity contribution < 1.29 is 0 Å². The SMILES string of the molecule is CCCCCCCCCCCCCCCCCCCCCCCCCCCCCCCCCCCCCCCCCCCCCCP(C)(C)(C)Br. The molecule has 0 nitrogen and oxygen atoms in total. The predicted octanol–water partition coefficient (Wildman–Crippen LogP) is 19.9. The molecule has 0 saturated carbocycles. The fourth-order valence-electron chi connectivity index (χ4n) is 8.14. The van der Waals surface area contributed by atoms with E-state index in [-0.39, 0.29) is 0 Å². The van der Waals surface area contributed by atoms with Gasteiger partial charge < -0.3 is 0 Å². The van der Waals surface area contributed by atoms with E-state index in [9.17, 15) is 0 Å². The topological polar surface area (TPSA) is 0 Å². The van der Waals surface area contributed by atoms with E-state index in [0.717, 1.165) is 0 Å². The van der Waals surface area contributed by atoms with E-state index in [1.54, 1.807) is 0 Å². The Morgan fingerprint density at radius 1 is 0.216 bits per heavy atom. The molecule has 0 rings (SSSR count). The van der Waals surface area contributed by atoms with Crippen molar-refractivity contribution in [1.29, 1.82) is 0 Å². The van der Waals surface area contributed by atoms with E-state index in [1.165, 1.54) is 289 Å². The molecule has 0 aromatic carbocycles. The molecule has 0 saturated heterocycles. The molecule has 2 heteroatoms. The van der Waals surface area contributed by atoms with Gasteiger partial charge in [-0.1, -0.05) is 219 Å². The molecule has 0 aliphatic carbocycles. The van der Waals surface area contributed by atoms with E-state index in [4.69, 9.17) is 0 Å². The van der Waals surface area contributed by atoms with Gasteiger partial charge in [0.1, 0.15) is 0 Å². The first-order valence-corrected chi connectivity index (χ1v) is 30.3. The van der Waals surface area contributed by atoms with Crippen LogP contribution in [0, 0.1) is 0 Å². The number of hydrogen-bond donors (Lipinski definition) is 0. The summed E-state index contributed by atoms with van der Waals surface area (Å²) in [6.45, 7) is 9.64. The zero-order valence-electron chi connectivity index (χ0n) is 36.6. The van der Waals surface area contributed by atoms with Crippen LogP contribution < -0.4 is 0 Å². The summed E-state index contributed by atoms with van der Waals surface area (Å²) in [4.78, 5) is 0. The van der Waals surface area contributed by atoms with Gasteiger partial charge in [-0.15, -0.1) is 0 Å². The second-order valence-electron chi connectivity index (χ2n) is 18.8. The molecule has 0 atom stereocenters. The Hall–Kier alpha value is 0.910. The molecule has 0 aromatic rings. The minimum absolute atomic E-state index is 1.37. The maximum absolute atomic E-state index is 3.99. The first kappa shape index (κ1) is 51.9. The molecule has 0 bridgehead atoms. The van der Waals surface area contributed by atoms with Gasteiger partial charge in [-0.3, -0.25) is 0 Å². The predicted molar refractivity (Wildman–Crippen MR) is 247 cm³/mol. The summed E-state index contributed by atoms with van der Waals surface area (Å²) in [6.07, 6.45) is 66.7. The molecule has 0 radical (unpaired) electrons. The van der Waals surface area contributed by atoms with Gasteiger partial charge in [-0.2, -0.15) is 0 Å². The number of unbranched alkanes of at least 4 members (excludes halogenated alkanes) is 43. The van der Waals surface area contributed by atoms with Gasteiger partial charge in [-0.25, -0.2) is 0 Å². The minimum atomic E-state index is -1.43. The summed E-state index contributed by atoms with van der Waals surface area (Å²) < 4.78 is 0. The normalized spacial score (nSPS) is 12.8. The van der Waals surface area contributed by atoms with Crippen LogP contribution in [0.4, 0.5) is 0 Å². The molecule has 51 heavy (non-hydrogen) atoms. The third-order valence-corrected chi connectivity index (χ3v) is 14.7. The molecule has 0 aliphatic heterocycles. The van der Waals surface area contributed by atoms with Crippen LogP contribution >= 0.6 is 20.8 Å². The van der Waals surface area contributed by atoms with Gasteiger partial charge in [0, 0.05) is 0 Å². The molecule has 0 N–H and O–H groups in total. The van der Waals surface area contributed by atoms with Crippen LogP contribution in [-0.4, -0.2) is 26.2 Å². The molecule has 0 unspecified atom stereocenters. The second kappa shape index (κ2) is 40.6. The fourth-order valence-corrected chi connectivity index (χ4v) is 10.2. The quantitative estimate of drug-likeness (QED) is 0.0425. The van der Waals surface area contributed by atoms with E-state index in [1.807, 2.05) is 0 Å². The van der Waals surface area contributed by atoms with Crippen molar-refractivity contribution >= 4 is 20.8 Å². The standard InChI is InChI=1S/C49H102BrP/c1-5-6-7-8-9-10-11-12-13-14-15-16-17-18-19-20-21-22-23-24-25-26-27-28-29-30-31-32-33-34-35-36-37-38-39-40-41-42-43-44-45-46-47-48-49-51(2,3,4)50/h5-49H2,1-4H3. The second-order valence-corrected chi connectivity index (χ2v) is 33.0. The zero-order valence-corrected chi connectivity index (χ0v) is 39.1. The fraction of sp³-hybridized carbons (Fsp3) is 1.00. The Balaban J connectivity index is 3.07. The van der Waals surface area contributed by atoms with E-state index in [0.29, 0.717) is 0 Å². The maximum atomic E-state index is 3.99.